The molecule has 1 N–H and O–H groups in total. The Hall–Kier alpha value is -0.830. The Kier molecular flexibility index (Phi) is 2.65. The maximum Gasteiger partial charge on any atom is 0.306 e. The summed E-state index contributed by atoms with van der Waals surface area (Å²) in [5.74, 6) is -0.210. The van der Waals surface area contributed by atoms with Gasteiger partial charge in [0.05, 0.1) is 0 Å². The molecule has 62 valence electrons. The summed E-state index contributed by atoms with van der Waals surface area (Å²) in [5, 5.41) is 9.30. The smallest absolute Gasteiger partial charge is 0.306 e. The lowest BCUT2D eigenvalue weighted by molar-refractivity contribution is -0.144. The molecule has 2 atom stereocenters. The molecule has 1 aliphatic heterocycles. The largest absolute Gasteiger partial charge is 0.459 e. The Morgan fingerprint density at radius 1 is 1.82 bits per heavy atom. The van der Waals surface area contributed by atoms with Gasteiger partial charge in [-0.3, -0.25) is 4.79 Å². The van der Waals surface area contributed by atoms with E-state index in [9.17, 15) is 9.90 Å². The van der Waals surface area contributed by atoms with Crippen LogP contribution in [0.1, 0.15) is 19.8 Å². The molecule has 1 rings (SSSR count). The number of aliphatic hydroxyl groups excluding tert-OH is 1. The molecule has 0 aliphatic carbocycles. The van der Waals surface area contributed by atoms with Crippen LogP contribution in [0.2, 0.25) is 0 Å². The van der Waals surface area contributed by atoms with E-state index >= 15 is 0 Å². The predicted molar refractivity (Wildman–Crippen MR) is 39.9 cm³/mol. The van der Waals surface area contributed by atoms with Gasteiger partial charge in [-0.1, -0.05) is 12.2 Å². The monoisotopic (exact) mass is 156 g/mol. The van der Waals surface area contributed by atoms with Crippen LogP contribution in [0.25, 0.3) is 0 Å². The molecule has 0 aromatic rings. The van der Waals surface area contributed by atoms with E-state index in [1.807, 2.05) is 6.92 Å². The molecule has 1 saturated heterocycles. The Balaban J connectivity index is 2.42. The number of carbonyl (C=O) groups excluding carboxylic acids is 1. The first kappa shape index (κ1) is 8.27. The van der Waals surface area contributed by atoms with E-state index in [1.165, 1.54) is 0 Å². The first-order valence-electron chi connectivity index (χ1n) is 3.74. The summed E-state index contributed by atoms with van der Waals surface area (Å²) in [7, 11) is 0. The Morgan fingerprint density at radius 3 is 3.00 bits per heavy atom. The zero-order valence-corrected chi connectivity index (χ0v) is 6.49. The highest BCUT2D eigenvalue weighted by molar-refractivity contribution is 5.71. The Labute approximate surface area is 65.7 Å². The fourth-order valence-electron chi connectivity index (χ4n) is 1.11. The molecule has 1 fully saturated rings. The molecule has 0 saturated carbocycles. The van der Waals surface area contributed by atoms with Crippen molar-refractivity contribution < 1.29 is 14.6 Å². The Bertz CT molecular complexity index is 174. The molecule has 3 nitrogen and oxygen atoms in total. The zero-order valence-electron chi connectivity index (χ0n) is 6.49. The average molecular weight is 156 g/mol. The summed E-state index contributed by atoms with van der Waals surface area (Å²) < 4.78 is 4.84. The van der Waals surface area contributed by atoms with Gasteiger partial charge in [-0.2, -0.15) is 0 Å². The number of cyclic esters (lactones) is 1. The van der Waals surface area contributed by atoms with Gasteiger partial charge < -0.3 is 9.84 Å². The number of carbonyl (C=O) groups is 1. The van der Waals surface area contributed by atoms with Crippen molar-refractivity contribution in [2.24, 2.45) is 0 Å². The number of ether oxygens (including phenoxy) is 1. The molecule has 0 radical (unpaired) electrons. The van der Waals surface area contributed by atoms with Gasteiger partial charge in [-0.05, 0) is 13.3 Å². The van der Waals surface area contributed by atoms with Crippen molar-refractivity contribution in [3.05, 3.63) is 12.2 Å². The maximum atomic E-state index is 10.6. The topological polar surface area (TPSA) is 46.5 Å². The highest BCUT2D eigenvalue weighted by atomic mass is 16.6. The van der Waals surface area contributed by atoms with Crippen LogP contribution in [0.3, 0.4) is 0 Å². The van der Waals surface area contributed by atoms with E-state index in [2.05, 4.69) is 0 Å². The Morgan fingerprint density at radius 2 is 2.55 bits per heavy atom. The van der Waals surface area contributed by atoms with Crippen LogP contribution in [-0.4, -0.2) is 23.3 Å². The molecule has 1 heterocycles. The number of esters is 1. The highest BCUT2D eigenvalue weighted by Gasteiger charge is 2.27. The summed E-state index contributed by atoms with van der Waals surface area (Å²) in [6, 6.07) is 0. The van der Waals surface area contributed by atoms with Gasteiger partial charge in [0, 0.05) is 6.42 Å². The normalized spacial score (nSPS) is 27.5. The fourth-order valence-corrected chi connectivity index (χ4v) is 1.11. The van der Waals surface area contributed by atoms with E-state index in [1.54, 1.807) is 12.2 Å². The van der Waals surface area contributed by atoms with Gasteiger partial charge in [0.25, 0.3) is 0 Å². The summed E-state index contributed by atoms with van der Waals surface area (Å²) in [4.78, 5) is 10.6. The van der Waals surface area contributed by atoms with Gasteiger partial charge in [0.2, 0.25) is 0 Å². The first-order chi connectivity index (χ1) is 5.24. The first-order valence-corrected chi connectivity index (χ1v) is 3.74. The molecule has 0 bridgehead atoms. The molecule has 0 aromatic heterocycles. The molecular formula is C8H12O3. The summed E-state index contributed by atoms with van der Waals surface area (Å²) >= 11 is 0. The lowest BCUT2D eigenvalue weighted by atomic mass is 10.1. The third kappa shape index (κ3) is 2.05. The van der Waals surface area contributed by atoms with Crippen LogP contribution in [-0.2, 0) is 9.53 Å². The third-order valence-electron chi connectivity index (χ3n) is 1.69. The van der Waals surface area contributed by atoms with E-state index in [4.69, 9.17) is 4.74 Å². The lowest BCUT2D eigenvalue weighted by Crippen LogP contribution is -2.23. The van der Waals surface area contributed by atoms with Crippen molar-refractivity contribution in [2.45, 2.75) is 32.0 Å². The number of hydrogen-bond acceptors (Lipinski definition) is 3. The number of rotatable bonds is 2. The summed E-state index contributed by atoms with van der Waals surface area (Å²) in [6.07, 6.45) is 3.48. The van der Waals surface area contributed by atoms with Gasteiger partial charge in [0.15, 0.2) is 0 Å². The molecule has 3 heteroatoms. The summed E-state index contributed by atoms with van der Waals surface area (Å²) in [6.45, 7) is 1.82. The van der Waals surface area contributed by atoms with Crippen LogP contribution in [0.5, 0.6) is 0 Å². The van der Waals surface area contributed by atoms with Crippen LogP contribution in [0.4, 0.5) is 0 Å². The predicted octanol–water partition coefficient (Wildman–Crippen LogP) is 0.629. The molecule has 11 heavy (non-hydrogen) atoms. The third-order valence-corrected chi connectivity index (χ3v) is 1.69. The van der Waals surface area contributed by atoms with Crippen LogP contribution in [0.15, 0.2) is 12.2 Å². The van der Waals surface area contributed by atoms with Crippen molar-refractivity contribution in [2.75, 3.05) is 0 Å². The highest BCUT2D eigenvalue weighted by Crippen LogP contribution is 2.17. The second-order valence-electron chi connectivity index (χ2n) is 2.58. The van der Waals surface area contributed by atoms with Crippen molar-refractivity contribution in [1.82, 2.24) is 0 Å². The van der Waals surface area contributed by atoms with Crippen molar-refractivity contribution in [3.8, 4) is 0 Å². The molecule has 0 aromatic carbocycles. The van der Waals surface area contributed by atoms with Crippen LogP contribution in [0, 0.1) is 0 Å². The van der Waals surface area contributed by atoms with Gasteiger partial charge in [-0.25, -0.2) is 0 Å². The van der Waals surface area contributed by atoms with Crippen LogP contribution < -0.4 is 0 Å². The molecule has 1 aliphatic rings. The standard InChI is InChI=1S/C8H12O3/c1-2-3-6(9)7-4-5-8(10)11-7/h2-3,6-7,9H,4-5H2,1H3/b3-2+. The second kappa shape index (κ2) is 3.53. The SMILES string of the molecule is C/C=C/C(O)C1CCC(=O)O1. The minimum atomic E-state index is -0.633. The minimum absolute atomic E-state index is 0.210. The quantitative estimate of drug-likeness (QED) is 0.471. The van der Waals surface area contributed by atoms with Gasteiger partial charge >= 0.3 is 5.97 Å². The molecular weight excluding hydrogens is 144 g/mol. The molecule has 0 spiro atoms. The van der Waals surface area contributed by atoms with Gasteiger partial charge in [-0.15, -0.1) is 0 Å². The van der Waals surface area contributed by atoms with E-state index in [0.717, 1.165) is 0 Å². The molecule has 0 amide bonds. The van der Waals surface area contributed by atoms with Crippen molar-refractivity contribution in [1.29, 1.82) is 0 Å². The minimum Gasteiger partial charge on any atom is -0.459 e. The van der Waals surface area contributed by atoms with Gasteiger partial charge in [0.1, 0.15) is 12.2 Å². The van der Waals surface area contributed by atoms with E-state index in [0.29, 0.717) is 12.8 Å². The number of allylic oxidation sites excluding steroid dienone is 1. The van der Waals surface area contributed by atoms with Crippen molar-refractivity contribution >= 4 is 5.97 Å². The number of hydrogen-bond donors (Lipinski definition) is 1. The molecule has 2 unspecified atom stereocenters. The average Bonchev–Trinajstić information content (AvgIpc) is 2.36. The van der Waals surface area contributed by atoms with Crippen molar-refractivity contribution in [3.63, 3.8) is 0 Å². The summed E-state index contributed by atoms with van der Waals surface area (Å²) in [5.41, 5.74) is 0. The van der Waals surface area contributed by atoms with E-state index in [-0.39, 0.29) is 12.1 Å². The van der Waals surface area contributed by atoms with Crippen LogP contribution >= 0.6 is 0 Å². The zero-order chi connectivity index (χ0) is 8.27. The maximum absolute atomic E-state index is 10.6. The second-order valence-corrected chi connectivity index (χ2v) is 2.58. The fraction of sp³-hybridized carbons (Fsp3) is 0.625. The van der Waals surface area contributed by atoms with E-state index < -0.39 is 6.10 Å². The number of aliphatic hydroxyl groups is 1. The lowest BCUT2D eigenvalue weighted by Gasteiger charge is -2.12.